The van der Waals surface area contributed by atoms with E-state index in [2.05, 4.69) is 20.6 Å². The fourth-order valence-corrected chi connectivity index (χ4v) is 2.43. The second kappa shape index (κ2) is 7.75. The van der Waals surface area contributed by atoms with Crippen LogP contribution in [-0.2, 0) is 4.74 Å². The number of methoxy groups -OCH3 is 1. The van der Waals surface area contributed by atoms with E-state index in [9.17, 15) is 14.0 Å². The summed E-state index contributed by atoms with van der Waals surface area (Å²) in [5.74, 6) is -1.08. The van der Waals surface area contributed by atoms with Gasteiger partial charge in [0, 0.05) is 30.8 Å². The molecule has 8 heteroatoms. The van der Waals surface area contributed by atoms with Crippen LogP contribution in [0, 0.1) is 5.82 Å². The predicted octanol–water partition coefficient (Wildman–Crippen LogP) is 2.33. The Hall–Kier alpha value is -3.26. The normalized spacial score (nSPS) is 10.7. The van der Waals surface area contributed by atoms with E-state index in [1.807, 2.05) is 0 Å². The van der Waals surface area contributed by atoms with Gasteiger partial charge in [-0.15, -0.1) is 0 Å². The van der Waals surface area contributed by atoms with E-state index in [4.69, 9.17) is 4.74 Å². The summed E-state index contributed by atoms with van der Waals surface area (Å²) in [6.45, 7) is 0.793. The maximum Gasteiger partial charge on any atom is 0.255 e. The number of fused-ring (bicyclic) bond motifs is 1. The molecule has 2 heterocycles. The first-order valence-electron chi connectivity index (χ1n) is 7.89. The number of pyridine rings is 1. The summed E-state index contributed by atoms with van der Waals surface area (Å²) in [7, 11) is 1.55. The second-order valence-corrected chi connectivity index (χ2v) is 5.53. The van der Waals surface area contributed by atoms with Crippen LogP contribution in [0.25, 0.3) is 11.0 Å². The number of amides is 2. The lowest BCUT2D eigenvalue weighted by Gasteiger charge is -2.06. The van der Waals surface area contributed by atoms with Crippen molar-refractivity contribution < 1.29 is 18.7 Å². The monoisotopic (exact) mass is 356 g/mol. The molecule has 0 radical (unpaired) electrons. The standard InChI is InChI=1S/C18H17FN4O3/c1-26-7-6-20-18(25)15-10-22-16-14(15)8-13(9-21-16)23-17(24)11-2-4-12(19)5-3-11/h2-5,8-10H,6-7H2,1H3,(H,20,25)(H,21,22)(H,23,24). The van der Waals surface area contributed by atoms with E-state index in [1.165, 1.54) is 30.5 Å². The molecule has 0 saturated heterocycles. The molecule has 2 aromatic heterocycles. The molecule has 0 aliphatic rings. The minimum atomic E-state index is -0.416. The number of hydrogen-bond donors (Lipinski definition) is 3. The van der Waals surface area contributed by atoms with Gasteiger partial charge in [-0.2, -0.15) is 0 Å². The molecule has 3 rings (SSSR count). The van der Waals surface area contributed by atoms with Crippen LogP contribution in [0.15, 0.2) is 42.7 Å². The molecule has 0 aliphatic heterocycles. The minimum absolute atomic E-state index is 0.267. The quantitative estimate of drug-likeness (QED) is 0.591. The van der Waals surface area contributed by atoms with Crippen LogP contribution >= 0.6 is 0 Å². The van der Waals surface area contributed by atoms with Gasteiger partial charge < -0.3 is 20.4 Å². The molecule has 26 heavy (non-hydrogen) atoms. The SMILES string of the molecule is COCCNC(=O)c1c[nH]c2ncc(NC(=O)c3ccc(F)cc3)cc12. The Morgan fingerprint density at radius 2 is 2.00 bits per heavy atom. The molecule has 2 amide bonds. The number of ether oxygens (including phenoxy) is 1. The summed E-state index contributed by atoms with van der Waals surface area (Å²) in [5.41, 5.74) is 1.69. The van der Waals surface area contributed by atoms with Crippen molar-refractivity contribution in [1.29, 1.82) is 0 Å². The first-order valence-corrected chi connectivity index (χ1v) is 7.89. The van der Waals surface area contributed by atoms with E-state index >= 15 is 0 Å². The van der Waals surface area contributed by atoms with E-state index < -0.39 is 11.7 Å². The van der Waals surface area contributed by atoms with Gasteiger partial charge in [0.25, 0.3) is 11.8 Å². The molecular formula is C18H17FN4O3. The van der Waals surface area contributed by atoms with Gasteiger partial charge in [-0.1, -0.05) is 0 Å². The molecule has 1 aromatic carbocycles. The van der Waals surface area contributed by atoms with Crippen LogP contribution in [-0.4, -0.2) is 42.0 Å². The highest BCUT2D eigenvalue weighted by Crippen LogP contribution is 2.21. The van der Waals surface area contributed by atoms with E-state index in [1.54, 1.807) is 19.4 Å². The number of H-pyrrole nitrogens is 1. The van der Waals surface area contributed by atoms with Crippen molar-refractivity contribution in [3.8, 4) is 0 Å². The van der Waals surface area contributed by atoms with Crippen molar-refractivity contribution in [2.24, 2.45) is 0 Å². The van der Waals surface area contributed by atoms with Crippen LogP contribution in [0.3, 0.4) is 0 Å². The molecule has 0 fully saturated rings. The molecule has 0 bridgehead atoms. The van der Waals surface area contributed by atoms with Gasteiger partial charge in [-0.3, -0.25) is 9.59 Å². The first-order chi connectivity index (χ1) is 12.6. The minimum Gasteiger partial charge on any atom is -0.383 e. The van der Waals surface area contributed by atoms with E-state index in [0.717, 1.165) is 0 Å². The number of aromatic amines is 1. The summed E-state index contributed by atoms with van der Waals surface area (Å²) >= 11 is 0. The molecule has 0 saturated carbocycles. The highest BCUT2D eigenvalue weighted by molar-refractivity contribution is 6.08. The Balaban J connectivity index is 1.79. The van der Waals surface area contributed by atoms with Gasteiger partial charge in [0.2, 0.25) is 0 Å². The van der Waals surface area contributed by atoms with Gasteiger partial charge in [0.1, 0.15) is 11.5 Å². The Morgan fingerprint density at radius 3 is 2.73 bits per heavy atom. The summed E-state index contributed by atoms with van der Waals surface area (Å²) < 4.78 is 17.9. The zero-order valence-corrected chi connectivity index (χ0v) is 14.0. The van der Waals surface area contributed by atoms with Crippen LogP contribution < -0.4 is 10.6 Å². The third-order valence-corrected chi connectivity index (χ3v) is 3.73. The van der Waals surface area contributed by atoms with Gasteiger partial charge in [-0.25, -0.2) is 9.37 Å². The van der Waals surface area contributed by atoms with Crippen LogP contribution in [0.4, 0.5) is 10.1 Å². The number of anilines is 1. The van der Waals surface area contributed by atoms with Gasteiger partial charge >= 0.3 is 0 Å². The third kappa shape index (κ3) is 3.86. The Labute approximate surface area is 148 Å². The lowest BCUT2D eigenvalue weighted by molar-refractivity contribution is 0.0938. The summed E-state index contributed by atoms with van der Waals surface area (Å²) in [6.07, 6.45) is 3.04. The molecule has 3 N–H and O–H groups in total. The Morgan fingerprint density at radius 1 is 1.23 bits per heavy atom. The maximum absolute atomic E-state index is 13.0. The molecule has 0 spiro atoms. The average Bonchev–Trinajstić information content (AvgIpc) is 3.05. The molecule has 0 aliphatic carbocycles. The Kier molecular flexibility index (Phi) is 5.23. The second-order valence-electron chi connectivity index (χ2n) is 5.53. The number of halogens is 1. The van der Waals surface area contributed by atoms with Gasteiger partial charge in [-0.05, 0) is 30.3 Å². The van der Waals surface area contributed by atoms with Crippen LogP contribution in [0.2, 0.25) is 0 Å². The summed E-state index contributed by atoms with van der Waals surface area (Å²) in [6, 6.07) is 6.87. The smallest absolute Gasteiger partial charge is 0.255 e. The molecular weight excluding hydrogens is 339 g/mol. The number of carbonyl (C=O) groups is 2. The number of nitrogens with one attached hydrogen (secondary N) is 3. The van der Waals surface area contributed by atoms with Gasteiger partial charge in [0.05, 0.1) is 24.1 Å². The number of nitrogens with zero attached hydrogens (tertiary/aromatic N) is 1. The molecule has 7 nitrogen and oxygen atoms in total. The maximum atomic E-state index is 13.0. The topological polar surface area (TPSA) is 96.1 Å². The van der Waals surface area contributed by atoms with Crippen molar-refractivity contribution in [1.82, 2.24) is 15.3 Å². The van der Waals surface area contributed by atoms with Crippen molar-refractivity contribution in [2.45, 2.75) is 0 Å². The number of aromatic nitrogens is 2. The number of carbonyl (C=O) groups excluding carboxylic acids is 2. The summed E-state index contributed by atoms with van der Waals surface area (Å²) in [4.78, 5) is 31.6. The lowest BCUT2D eigenvalue weighted by atomic mass is 10.2. The highest BCUT2D eigenvalue weighted by atomic mass is 19.1. The fourth-order valence-electron chi connectivity index (χ4n) is 2.43. The van der Waals surface area contributed by atoms with Crippen molar-refractivity contribution >= 4 is 28.5 Å². The summed E-state index contributed by atoms with van der Waals surface area (Å²) in [5, 5.41) is 6.00. The van der Waals surface area contributed by atoms with E-state index in [0.29, 0.717) is 41.0 Å². The number of hydrogen-bond acceptors (Lipinski definition) is 4. The zero-order chi connectivity index (χ0) is 18.5. The zero-order valence-electron chi connectivity index (χ0n) is 14.0. The first kappa shape index (κ1) is 17.6. The predicted molar refractivity (Wildman–Crippen MR) is 94.7 cm³/mol. The number of benzene rings is 1. The molecule has 3 aromatic rings. The fraction of sp³-hybridized carbons (Fsp3) is 0.167. The van der Waals surface area contributed by atoms with Crippen molar-refractivity contribution in [3.05, 3.63) is 59.7 Å². The third-order valence-electron chi connectivity index (χ3n) is 3.73. The highest BCUT2D eigenvalue weighted by Gasteiger charge is 2.14. The van der Waals surface area contributed by atoms with Crippen molar-refractivity contribution in [3.63, 3.8) is 0 Å². The molecule has 134 valence electrons. The largest absolute Gasteiger partial charge is 0.383 e. The molecule has 0 atom stereocenters. The lowest BCUT2D eigenvalue weighted by Crippen LogP contribution is -2.26. The van der Waals surface area contributed by atoms with E-state index in [-0.39, 0.29) is 5.91 Å². The van der Waals surface area contributed by atoms with Gasteiger partial charge in [0.15, 0.2) is 0 Å². The van der Waals surface area contributed by atoms with Crippen LogP contribution in [0.1, 0.15) is 20.7 Å². The van der Waals surface area contributed by atoms with Crippen molar-refractivity contribution in [2.75, 3.05) is 25.6 Å². The molecule has 0 unspecified atom stereocenters. The average molecular weight is 356 g/mol. The Bertz CT molecular complexity index is 937. The van der Waals surface area contributed by atoms with Crippen LogP contribution in [0.5, 0.6) is 0 Å². The number of rotatable bonds is 6.